The molecule has 19 heavy (non-hydrogen) atoms. The van der Waals surface area contributed by atoms with Crippen LogP contribution < -0.4 is 5.73 Å². The summed E-state index contributed by atoms with van der Waals surface area (Å²) in [6.07, 6.45) is 0.476. The molecule has 2 rings (SSSR count). The van der Waals surface area contributed by atoms with Crippen LogP contribution >= 0.6 is 0 Å². The quantitative estimate of drug-likeness (QED) is 0.843. The van der Waals surface area contributed by atoms with Crippen LogP contribution in [0.25, 0.3) is 0 Å². The van der Waals surface area contributed by atoms with Crippen molar-refractivity contribution in [1.29, 1.82) is 0 Å². The molecular formula is C12H18F3N3O. The minimum Gasteiger partial charge on any atom is -0.329 e. The summed E-state index contributed by atoms with van der Waals surface area (Å²) in [5, 5.41) is 3.44. The van der Waals surface area contributed by atoms with Crippen molar-refractivity contribution >= 4 is 0 Å². The Balaban J connectivity index is 2.17. The number of nitrogens with two attached hydrogens (primary N) is 1. The third-order valence-corrected chi connectivity index (χ3v) is 3.93. The smallest absolute Gasteiger partial charge is 0.329 e. The summed E-state index contributed by atoms with van der Waals surface area (Å²) < 4.78 is 41.6. The van der Waals surface area contributed by atoms with Crippen molar-refractivity contribution in [2.45, 2.75) is 57.2 Å². The number of nitrogens with zero attached hydrogens (tertiary/aromatic N) is 2. The topological polar surface area (TPSA) is 64.9 Å². The maximum atomic E-state index is 12.5. The van der Waals surface area contributed by atoms with Gasteiger partial charge in [-0.2, -0.15) is 18.2 Å². The number of hydrogen-bond acceptors (Lipinski definition) is 4. The highest BCUT2D eigenvalue weighted by atomic mass is 19.4. The molecule has 1 aliphatic rings. The lowest BCUT2D eigenvalue weighted by atomic mass is 9.90. The molecule has 1 aromatic heterocycles. The molecule has 1 saturated carbocycles. The number of rotatable bonds is 2. The van der Waals surface area contributed by atoms with Gasteiger partial charge in [-0.3, -0.25) is 0 Å². The second-order valence-electron chi connectivity index (χ2n) is 5.28. The average molecular weight is 277 g/mol. The third-order valence-electron chi connectivity index (χ3n) is 3.93. The molecule has 2 N–H and O–H groups in total. The summed E-state index contributed by atoms with van der Waals surface area (Å²) in [6, 6.07) is 0. The van der Waals surface area contributed by atoms with Crippen molar-refractivity contribution in [3.8, 4) is 0 Å². The van der Waals surface area contributed by atoms with E-state index in [2.05, 4.69) is 21.6 Å². The van der Waals surface area contributed by atoms with E-state index in [0.29, 0.717) is 18.8 Å². The largest absolute Gasteiger partial charge is 0.471 e. The van der Waals surface area contributed by atoms with Gasteiger partial charge < -0.3 is 10.3 Å². The summed E-state index contributed by atoms with van der Waals surface area (Å²) in [5.74, 6) is -0.750. The second kappa shape index (κ2) is 5.11. The van der Waals surface area contributed by atoms with Crippen LogP contribution in [0.4, 0.5) is 13.2 Å². The molecule has 4 nitrogen and oxygen atoms in total. The first-order chi connectivity index (χ1) is 8.85. The Labute approximate surface area is 109 Å². The summed E-state index contributed by atoms with van der Waals surface area (Å²) in [4.78, 5) is 3.44. The lowest BCUT2D eigenvalue weighted by Crippen LogP contribution is -2.37. The number of alkyl halides is 3. The Hall–Kier alpha value is -1.11. The molecule has 2 unspecified atom stereocenters. The van der Waals surface area contributed by atoms with Crippen LogP contribution in [0.3, 0.4) is 0 Å². The predicted molar refractivity (Wildman–Crippen MR) is 62.0 cm³/mol. The van der Waals surface area contributed by atoms with E-state index >= 15 is 0 Å². The maximum Gasteiger partial charge on any atom is 0.471 e. The Kier molecular flexibility index (Phi) is 3.85. The van der Waals surface area contributed by atoms with E-state index in [0.717, 1.165) is 25.7 Å². The van der Waals surface area contributed by atoms with Gasteiger partial charge in [0.1, 0.15) is 0 Å². The van der Waals surface area contributed by atoms with E-state index in [-0.39, 0.29) is 5.82 Å². The zero-order chi connectivity index (χ0) is 14.1. The van der Waals surface area contributed by atoms with Gasteiger partial charge in [-0.1, -0.05) is 31.3 Å². The van der Waals surface area contributed by atoms with Crippen LogP contribution in [-0.4, -0.2) is 10.1 Å². The van der Waals surface area contributed by atoms with Crippen molar-refractivity contribution in [3.63, 3.8) is 0 Å². The Morgan fingerprint density at radius 2 is 2.11 bits per heavy atom. The van der Waals surface area contributed by atoms with Crippen molar-refractivity contribution in [2.24, 2.45) is 11.7 Å². The highest BCUT2D eigenvalue weighted by Gasteiger charge is 2.42. The molecule has 108 valence electrons. The molecule has 0 aromatic carbocycles. The Bertz CT molecular complexity index is 432. The lowest BCUT2D eigenvalue weighted by molar-refractivity contribution is -0.159. The van der Waals surface area contributed by atoms with Crippen molar-refractivity contribution in [3.05, 3.63) is 11.7 Å². The predicted octanol–water partition coefficient (Wildman–Crippen LogP) is 3.23. The first-order valence-corrected chi connectivity index (χ1v) is 6.55. The summed E-state index contributed by atoms with van der Waals surface area (Å²) >= 11 is 0. The third kappa shape index (κ3) is 3.08. The molecule has 0 bridgehead atoms. The standard InChI is InChI=1S/C12H18F3N3O/c1-2-8-4-3-6-11(16,7-5-8)9-17-10(19-18-9)12(13,14)15/h8H,2-7,16H2,1H3. The molecule has 0 aliphatic heterocycles. The minimum absolute atomic E-state index is 0.0171. The van der Waals surface area contributed by atoms with Gasteiger partial charge in [-0.15, -0.1) is 0 Å². The highest BCUT2D eigenvalue weighted by molar-refractivity contribution is 5.06. The normalized spacial score (nSPS) is 29.2. The fourth-order valence-electron chi connectivity index (χ4n) is 2.61. The van der Waals surface area contributed by atoms with Crippen LogP contribution in [0.5, 0.6) is 0 Å². The molecule has 0 radical (unpaired) electrons. The zero-order valence-electron chi connectivity index (χ0n) is 10.8. The fourth-order valence-corrected chi connectivity index (χ4v) is 2.61. The van der Waals surface area contributed by atoms with Gasteiger partial charge in [-0.25, -0.2) is 0 Å². The molecule has 1 aromatic rings. The molecule has 0 saturated heterocycles. The van der Waals surface area contributed by atoms with Crippen LogP contribution in [-0.2, 0) is 11.7 Å². The Morgan fingerprint density at radius 3 is 2.68 bits per heavy atom. The first kappa shape index (κ1) is 14.3. The first-order valence-electron chi connectivity index (χ1n) is 6.55. The molecule has 1 heterocycles. The minimum atomic E-state index is -4.61. The number of aromatic nitrogens is 2. The summed E-state index contributed by atoms with van der Waals surface area (Å²) in [7, 11) is 0. The van der Waals surface area contributed by atoms with Gasteiger partial charge in [-0.05, 0) is 25.2 Å². The van der Waals surface area contributed by atoms with E-state index in [1.807, 2.05) is 0 Å². The SMILES string of the molecule is CCC1CCCC(N)(c2noc(C(F)(F)F)n2)CC1. The fraction of sp³-hybridized carbons (Fsp3) is 0.833. The van der Waals surface area contributed by atoms with Crippen LogP contribution in [0.15, 0.2) is 4.52 Å². The number of hydrogen-bond donors (Lipinski definition) is 1. The number of halogens is 3. The monoisotopic (exact) mass is 277 g/mol. The molecule has 2 atom stereocenters. The van der Waals surface area contributed by atoms with Crippen LogP contribution in [0.2, 0.25) is 0 Å². The van der Waals surface area contributed by atoms with Gasteiger partial charge in [0.05, 0.1) is 5.54 Å². The molecular weight excluding hydrogens is 259 g/mol. The van der Waals surface area contributed by atoms with E-state index < -0.39 is 17.6 Å². The van der Waals surface area contributed by atoms with Crippen molar-refractivity contribution in [1.82, 2.24) is 10.1 Å². The van der Waals surface area contributed by atoms with Gasteiger partial charge in [0.15, 0.2) is 5.82 Å². The molecule has 0 spiro atoms. The maximum absolute atomic E-state index is 12.5. The van der Waals surface area contributed by atoms with Crippen LogP contribution in [0, 0.1) is 5.92 Å². The van der Waals surface area contributed by atoms with Gasteiger partial charge in [0.2, 0.25) is 0 Å². The van der Waals surface area contributed by atoms with E-state index in [9.17, 15) is 13.2 Å². The molecule has 7 heteroatoms. The highest BCUT2D eigenvalue weighted by Crippen LogP contribution is 2.37. The van der Waals surface area contributed by atoms with Crippen LogP contribution in [0.1, 0.15) is 57.2 Å². The van der Waals surface area contributed by atoms with E-state index in [1.165, 1.54) is 0 Å². The summed E-state index contributed by atoms with van der Waals surface area (Å²) in [5.41, 5.74) is 5.31. The molecule has 1 aliphatic carbocycles. The average Bonchev–Trinajstić information content (AvgIpc) is 2.76. The zero-order valence-corrected chi connectivity index (χ0v) is 10.8. The summed E-state index contributed by atoms with van der Waals surface area (Å²) in [6.45, 7) is 2.12. The van der Waals surface area contributed by atoms with Gasteiger partial charge in [0.25, 0.3) is 0 Å². The van der Waals surface area contributed by atoms with Gasteiger partial charge >= 0.3 is 12.1 Å². The van der Waals surface area contributed by atoms with E-state index in [1.54, 1.807) is 0 Å². The van der Waals surface area contributed by atoms with Crippen molar-refractivity contribution in [2.75, 3.05) is 0 Å². The second-order valence-corrected chi connectivity index (χ2v) is 5.28. The van der Waals surface area contributed by atoms with Gasteiger partial charge in [0, 0.05) is 0 Å². The van der Waals surface area contributed by atoms with E-state index in [4.69, 9.17) is 5.73 Å². The molecule has 0 amide bonds. The van der Waals surface area contributed by atoms with Crippen molar-refractivity contribution < 1.29 is 17.7 Å². The molecule has 1 fully saturated rings. The lowest BCUT2D eigenvalue weighted by Gasteiger charge is -2.23. The Morgan fingerprint density at radius 1 is 1.37 bits per heavy atom.